The van der Waals surface area contributed by atoms with Crippen molar-refractivity contribution in [3.63, 3.8) is 0 Å². The van der Waals surface area contributed by atoms with Crippen LogP contribution >= 0.6 is 0 Å². The number of aliphatic hydroxyl groups excluding tert-OH is 1. The molecule has 4 heteroatoms. The first-order valence-electron chi connectivity index (χ1n) is 4.77. The first-order valence-corrected chi connectivity index (χ1v) is 4.77. The topological polar surface area (TPSA) is 50.9 Å². The molecule has 1 N–H and O–H groups in total. The van der Waals surface area contributed by atoms with Gasteiger partial charge in [0.25, 0.3) is 0 Å². The summed E-state index contributed by atoms with van der Waals surface area (Å²) in [4.78, 5) is 4.16. The normalized spacial score (nSPS) is 12.7. The number of aromatic nitrogens is 3. The second-order valence-corrected chi connectivity index (χ2v) is 3.52. The molecule has 0 bridgehead atoms. The predicted molar refractivity (Wildman–Crippen MR) is 56.2 cm³/mol. The molecule has 1 atom stereocenters. The quantitative estimate of drug-likeness (QED) is 0.798. The van der Waals surface area contributed by atoms with Gasteiger partial charge in [-0.3, -0.25) is 9.67 Å². The molecule has 0 aliphatic rings. The molecule has 0 spiro atoms. The Bertz CT molecular complexity index is 464. The van der Waals surface area contributed by atoms with Crippen molar-refractivity contribution in [2.75, 3.05) is 0 Å². The fourth-order valence-corrected chi connectivity index (χ4v) is 1.50. The lowest BCUT2D eigenvalue weighted by molar-refractivity contribution is 0.208. The second kappa shape index (κ2) is 3.82. The standard InChI is InChI=1S/C11H13N3O/c1-8-4-3-6-12-10(8)11(15)9-5-7-14(2)13-9/h3-7,11,15H,1-2H3. The molecule has 0 saturated carbocycles. The molecular formula is C11H13N3O. The summed E-state index contributed by atoms with van der Waals surface area (Å²) in [6.45, 7) is 1.93. The molecule has 0 fully saturated rings. The molecule has 2 rings (SSSR count). The van der Waals surface area contributed by atoms with Crippen LogP contribution in [-0.2, 0) is 7.05 Å². The van der Waals surface area contributed by atoms with E-state index in [0.29, 0.717) is 11.4 Å². The minimum Gasteiger partial charge on any atom is -0.380 e. The van der Waals surface area contributed by atoms with Crippen molar-refractivity contribution in [3.05, 3.63) is 47.5 Å². The van der Waals surface area contributed by atoms with Crippen LogP contribution in [0.25, 0.3) is 0 Å². The van der Waals surface area contributed by atoms with Gasteiger partial charge in [0, 0.05) is 19.4 Å². The third-order valence-corrected chi connectivity index (χ3v) is 2.32. The molecule has 1 unspecified atom stereocenters. The SMILES string of the molecule is Cc1cccnc1C(O)c1ccn(C)n1. The van der Waals surface area contributed by atoms with Gasteiger partial charge in [0.1, 0.15) is 6.10 Å². The lowest BCUT2D eigenvalue weighted by atomic mass is 10.1. The summed E-state index contributed by atoms with van der Waals surface area (Å²) in [5.41, 5.74) is 2.26. The lowest BCUT2D eigenvalue weighted by Gasteiger charge is -2.09. The molecule has 0 saturated heterocycles. The van der Waals surface area contributed by atoms with Crippen LogP contribution in [0.5, 0.6) is 0 Å². The van der Waals surface area contributed by atoms with Crippen molar-refractivity contribution in [2.45, 2.75) is 13.0 Å². The van der Waals surface area contributed by atoms with E-state index in [4.69, 9.17) is 0 Å². The van der Waals surface area contributed by atoms with E-state index < -0.39 is 6.10 Å². The summed E-state index contributed by atoms with van der Waals surface area (Å²) in [5.74, 6) is 0. The average molecular weight is 203 g/mol. The van der Waals surface area contributed by atoms with Gasteiger partial charge in [0.05, 0.1) is 11.4 Å². The monoisotopic (exact) mass is 203 g/mol. The van der Waals surface area contributed by atoms with Crippen LogP contribution in [0.15, 0.2) is 30.6 Å². The summed E-state index contributed by atoms with van der Waals surface area (Å²) in [6, 6.07) is 5.57. The zero-order valence-electron chi connectivity index (χ0n) is 8.75. The van der Waals surface area contributed by atoms with E-state index in [0.717, 1.165) is 5.56 Å². The highest BCUT2D eigenvalue weighted by atomic mass is 16.3. The molecule has 15 heavy (non-hydrogen) atoms. The van der Waals surface area contributed by atoms with E-state index in [2.05, 4.69) is 10.1 Å². The Morgan fingerprint density at radius 1 is 1.40 bits per heavy atom. The first-order chi connectivity index (χ1) is 7.18. The van der Waals surface area contributed by atoms with Crippen molar-refractivity contribution < 1.29 is 5.11 Å². The molecule has 78 valence electrons. The summed E-state index contributed by atoms with van der Waals surface area (Å²) in [6.07, 6.45) is 2.73. The number of hydrogen-bond acceptors (Lipinski definition) is 3. The molecule has 2 heterocycles. The van der Waals surface area contributed by atoms with Crippen LogP contribution < -0.4 is 0 Å². The molecule has 0 aliphatic heterocycles. The second-order valence-electron chi connectivity index (χ2n) is 3.52. The van der Waals surface area contributed by atoms with Crippen molar-refractivity contribution in [3.8, 4) is 0 Å². The molecule has 0 radical (unpaired) electrons. The average Bonchev–Trinajstić information content (AvgIpc) is 2.65. The number of hydrogen-bond donors (Lipinski definition) is 1. The summed E-state index contributed by atoms with van der Waals surface area (Å²) >= 11 is 0. The van der Waals surface area contributed by atoms with E-state index in [1.807, 2.05) is 26.1 Å². The van der Waals surface area contributed by atoms with Gasteiger partial charge >= 0.3 is 0 Å². The smallest absolute Gasteiger partial charge is 0.140 e. The Morgan fingerprint density at radius 2 is 2.20 bits per heavy atom. The van der Waals surface area contributed by atoms with Crippen LogP contribution in [0.3, 0.4) is 0 Å². The van der Waals surface area contributed by atoms with Gasteiger partial charge in [-0.25, -0.2) is 0 Å². The van der Waals surface area contributed by atoms with Crippen molar-refractivity contribution >= 4 is 0 Å². The highest BCUT2D eigenvalue weighted by Gasteiger charge is 2.16. The van der Waals surface area contributed by atoms with Gasteiger partial charge in [0.2, 0.25) is 0 Å². The zero-order chi connectivity index (χ0) is 10.8. The Hall–Kier alpha value is -1.68. The third-order valence-electron chi connectivity index (χ3n) is 2.32. The molecule has 0 aliphatic carbocycles. The maximum atomic E-state index is 10.0. The molecule has 0 aromatic carbocycles. The summed E-state index contributed by atoms with van der Waals surface area (Å²) in [5, 5.41) is 14.2. The van der Waals surface area contributed by atoms with E-state index >= 15 is 0 Å². The van der Waals surface area contributed by atoms with E-state index in [-0.39, 0.29) is 0 Å². The number of pyridine rings is 1. The molecule has 0 amide bonds. The van der Waals surface area contributed by atoms with Crippen LogP contribution in [0.4, 0.5) is 0 Å². The van der Waals surface area contributed by atoms with Crippen molar-refractivity contribution in [1.29, 1.82) is 0 Å². The van der Waals surface area contributed by atoms with Gasteiger partial charge in [-0.1, -0.05) is 6.07 Å². The third kappa shape index (κ3) is 1.89. The molecular weight excluding hydrogens is 190 g/mol. The molecule has 4 nitrogen and oxygen atoms in total. The number of aryl methyl sites for hydroxylation is 2. The number of nitrogens with zero attached hydrogens (tertiary/aromatic N) is 3. The number of aliphatic hydroxyl groups is 1. The van der Waals surface area contributed by atoms with Gasteiger partial charge in [-0.15, -0.1) is 0 Å². The first kappa shape index (κ1) is 9.86. The van der Waals surface area contributed by atoms with Crippen molar-refractivity contribution in [2.24, 2.45) is 7.05 Å². The predicted octanol–water partition coefficient (Wildman–Crippen LogP) is 1.21. The van der Waals surface area contributed by atoms with Crippen LogP contribution in [0.2, 0.25) is 0 Å². The Balaban J connectivity index is 2.36. The highest BCUT2D eigenvalue weighted by Crippen LogP contribution is 2.20. The Labute approximate surface area is 88.2 Å². The summed E-state index contributed by atoms with van der Waals surface area (Å²) < 4.78 is 1.66. The molecule has 2 aromatic heterocycles. The van der Waals surface area contributed by atoms with Gasteiger partial charge < -0.3 is 5.11 Å². The Kier molecular flexibility index (Phi) is 2.51. The largest absolute Gasteiger partial charge is 0.380 e. The maximum absolute atomic E-state index is 10.0. The van der Waals surface area contributed by atoms with Gasteiger partial charge in [0.15, 0.2) is 0 Å². The fourth-order valence-electron chi connectivity index (χ4n) is 1.50. The van der Waals surface area contributed by atoms with Crippen LogP contribution in [-0.4, -0.2) is 19.9 Å². The van der Waals surface area contributed by atoms with Gasteiger partial charge in [-0.05, 0) is 24.6 Å². The van der Waals surface area contributed by atoms with Crippen LogP contribution in [0, 0.1) is 6.92 Å². The highest BCUT2D eigenvalue weighted by molar-refractivity contribution is 5.25. The lowest BCUT2D eigenvalue weighted by Crippen LogP contribution is -2.05. The Morgan fingerprint density at radius 3 is 2.80 bits per heavy atom. The zero-order valence-corrected chi connectivity index (χ0v) is 8.75. The van der Waals surface area contributed by atoms with Crippen LogP contribution in [0.1, 0.15) is 23.1 Å². The minimum absolute atomic E-state index is 0.624. The maximum Gasteiger partial charge on any atom is 0.140 e. The van der Waals surface area contributed by atoms with E-state index in [1.54, 1.807) is 23.1 Å². The summed E-state index contributed by atoms with van der Waals surface area (Å²) in [7, 11) is 1.82. The van der Waals surface area contributed by atoms with Gasteiger partial charge in [-0.2, -0.15) is 5.10 Å². The van der Waals surface area contributed by atoms with Crippen molar-refractivity contribution in [1.82, 2.24) is 14.8 Å². The fraction of sp³-hybridized carbons (Fsp3) is 0.273. The minimum atomic E-state index is -0.743. The molecule has 2 aromatic rings. The van der Waals surface area contributed by atoms with E-state index in [9.17, 15) is 5.11 Å². The van der Waals surface area contributed by atoms with E-state index in [1.165, 1.54) is 0 Å². The number of rotatable bonds is 2.